The van der Waals surface area contributed by atoms with Gasteiger partial charge in [0.1, 0.15) is 10.5 Å². The number of hydrogen-bond donors (Lipinski definition) is 1. The van der Waals surface area contributed by atoms with Gasteiger partial charge in [0.2, 0.25) is 0 Å². The van der Waals surface area contributed by atoms with Crippen LogP contribution in [-0.2, 0) is 5.41 Å². The minimum atomic E-state index is -0.0697. The Hall–Kier alpha value is -1.48. The van der Waals surface area contributed by atoms with E-state index in [1.165, 1.54) is 24.1 Å². The van der Waals surface area contributed by atoms with E-state index in [9.17, 15) is 0 Å². The Morgan fingerprint density at radius 1 is 1.19 bits per heavy atom. The number of nitrogens with zero attached hydrogens (tertiary/aromatic N) is 1. The molecule has 3 rings (SSSR count). The van der Waals surface area contributed by atoms with E-state index in [-0.39, 0.29) is 5.41 Å². The zero-order valence-corrected chi connectivity index (χ0v) is 13.5. The van der Waals surface area contributed by atoms with E-state index < -0.39 is 0 Å². The van der Waals surface area contributed by atoms with Crippen molar-refractivity contribution in [2.75, 3.05) is 0 Å². The second-order valence-corrected chi connectivity index (χ2v) is 6.37. The molecule has 1 N–H and O–H groups in total. The van der Waals surface area contributed by atoms with Gasteiger partial charge in [-0.3, -0.25) is 0 Å². The van der Waals surface area contributed by atoms with Crippen LogP contribution in [0.1, 0.15) is 62.5 Å². The molecule has 1 heterocycles. The summed E-state index contributed by atoms with van der Waals surface area (Å²) in [6.45, 7) is 4.47. The first-order chi connectivity index (χ1) is 10.2. The van der Waals surface area contributed by atoms with Gasteiger partial charge < -0.3 is 4.98 Å². The van der Waals surface area contributed by atoms with Gasteiger partial charge in [0, 0.05) is 5.69 Å². The molecule has 2 nitrogen and oxygen atoms in total. The average Bonchev–Trinajstić information content (AvgIpc) is 3.34. The lowest BCUT2D eigenvalue weighted by molar-refractivity contribution is 0.446. The lowest BCUT2D eigenvalue weighted by Crippen LogP contribution is -2.29. The number of H-pyrrole nitrogens is 1. The standard InChI is InChI=1S/C18H22N2S/c1-3-18(4-2,14-8-6-5-7-9-14)17-19-15(13-10-11-13)12-16(21)20-17/h5-9,12-13H,3-4,10-11H2,1-2H3,(H,19,20,21). The van der Waals surface area contributed by atoms with Crippen molar-refractivity contribution in [3.63, 3.8) is 0 Å². The molecule has 1 aliphatic carbocycles. The van der Waals surface area contributed by atoms with Crippen LogP contribution in [0.3, 0.4) is 0 Å². The molecule has 2 aromatic rings. The summed E-state index contributed by atoms with van der Waals surface area (Å²) < 4.78 is 0.716. The summed E-state index contributed by atoms with van der Waals surface area (Å²) in [7, 11) is 0. The molecule has 1 saturated carbocycles. The SMILES string of the molecule is CCC(CC)(c1ccccc1)c1nc(=S)cc(C2CC2)[nH]1. The third-order valence-electron chi connectivity index (χ3n) is 4.77. The van der Waals surface area contributed by atoms with E-state index >= 15 is 0 Å². The number of nitrogens with one attached hydrogen (secondary N) is 1. The number of benzene rings is 1. The molecule has 0 spiro atoms. The molecule has 1 aromatic carbocycles. The Labute approximate surface area is 131 Å². The van der Waals surface area contributed by atoms with Crippen LogP contribution in [0, 0.1) is 4.64 Å². The van der Waals surface area contributed by atoms with E-state index in [4.69, 9.17) is 17.2 Å². The number of hydrogen-bond acceptors (Lipinski definition) is 2. The predicted molar refractivity (Wildman–Crippen MR) is 89.2 cm³/mol. The average molecular weight is 298 g/mol. The molecular weight excluding hydrogens is 276 g/mol. The van der Waals surface area contributed by atoms with E-state index in [0.29, 0.717) is 10.6 Å². The third kappa shape index (κ3) is 2.67. The van der Waals surface area contributed by atoms with Gasteiger partial charge in [-0.15, -0.1) is 0 Å². The van der Waals surface area contributed by atoms with E-state index in [1.54, 1.807) is 0 Å². The monoisotopic (exact) mass is 298 g/mol. The van der Waals surface area contributed by atoms with Crippen LogP contribution in [0.5, 0.6) is 0 Å². The summed E-state index contributed by atoms with van der Waals surface area (Å²) in [6.07, 6.45) is 4.57. The molecule has 0 radical (unpaired) electrons. The summed E-state index contributed by atoms with van der Waals surface area (Å²) in [5.74, 6) is 1.70. The highest BCUT2D eigenvalue weighted by molar-refractivity contribution is 7.71. The van der Waals surface area contributed by atoms with Crippen LogP contribution in [0.25, 0.3) is 0 Å². The minimum absolute atomic E-state index is 0.0697. The Kier molecular flexibility index (Phi) is 3.94. The fourth-order valence-corrected chi connectivity index (χ4v) is 3.42. The third-order valence-corrected chi connectivity index (χ3v) is 4.98. The molecule has 0 amide bonds. The van der Waals surface area contributed by atoms with Crippen molar-refractivity contribution in [3.8, 4) is 0 Å². The zero-order valence-electron chi connectivity index (χ0n) is 12.7. The van der Waals surface area contributed by atoms with E-state index in [1.807, 2.05) is 6.07 Å². The highest BCUT2D eigenvalue weighted by Crippen LogP contribution is 2.41. The maximum absolute atomic E-state index is 5.42. The van der Waals surface area contributed by atoms with Crippen LogP contribution < -0.4 is 0 Å². The lowest BCUT2D eigenvalue weighted by Gasteiger charge is -2.31. The van der Waals surface area contributed by atoms with Crippen LogP contribution in [0.15, 0.2) is 36.4 Å². The zero-order chi connectivity index (χ0) is 14.9. The highest BCUT2D eigenvalue weighted by atomic mass is 32.1. The van der Waals surface area contributed by atoms with Gasteiger partial charge in [-0.2, -0.15) is 0 Å². The smallest absolute Gasteiger partial charge is 0.130 e. The van der Waals surface area contributed by atoms with Crippen LogP contribution in [-0.4, -0.2) is 9.97 Å². The molecule has 1 aliphatic rings. The number of aromatic nitrogens is 2. The van der Waals surface area contributed by atoms with Crippen molar-refractivity contribution in [3.05, 3.63) is 58.1 Å². The van der Waals surface area contributed by atoms with Gasteiger partial charge >= 0.3 is 0 Å². The van der Waals surface area contributed by atoms with E-state index in [0.717, 1.165) is 18.7 Å². The molecule has 0 unspecified atom stereocenters. The maximum Gasteiger partial charge on any atom is 0.130 e. The molecule has 0 atom stereocenters. The van der Waals surface area contributed by atoms with Gasteiger partial charge in [-0.1, -0.05) is 56.4 Å². The first-order valence-corrected chi connectivity index (χ1v) is 8.27. The van der Waals surface area contributed by atoms with Crippen LogP contribution >= 0.6 is 12.2 Å². The summed E-state index contributed by atoms with van der Waals surface area (Å²) in [5.41, 5.74) is 2.52. The van der Waals surface area contributed by atoms with Gasteiger partial charge in [0.25, 0.3) is 0 Å². The summed E-state index contributed by atoms with van der Waals surface area (Å²) in [5, 5.41) is 0. The molecule has 1 aromatic heterocycles. The second kappa shape index (κ2) is 5.72. The van der Waals surface area contributed by atoms with Crippen molar-refractivity contribution in [1.82, 2.24) is 9.97 Å². The van der Waals surface area contributed by atoms with Crippen LogP contribution in [0.4, 0.5) is 0 Å². The Morgan fingerprint density at radius 3 is 2.43 bits per heavy atom. The first-order valence-electron chi connectivity index (χ1n) is 7.87. The van der Waals surface area contributed by atoms with Crippen molar-refractivity contribution >= 4 is 12.2 Å². The van der Waals surface area contributed by atoms with Gasteiger partial charge in [-0.05, 0) is 43.2 Å². The molecule has 21 heavy (non-hydrogen) atoms. The number of aromatic amines is 1. The maximum atomic E-state index is 5.42. The van der Waals surface area contributed by atoms with Crippen molar-refractivity contribution < 1.29 is 0 Å². The molecular formula is C18H22N2S. The summed E-state index contributed by atoms with van der Waals surface area (Å²) >= 11 is 5.42. The topological polar surface area (TPSA) is 28.7 Å². The fraction of sp³-hybridized carbons (Fsp3) is 0.444. The number of rotatable bonds is 5. The Balaban J connectivity index is 2.15. The highest BCUT2D eigenvalue weighted by Gasteiger charge is 2.34. The van der Waals surface area contributed by atoms with Crippen molar-refractivity contribution in [2.24, 2.45) is 0 Å². The normalized spacial score (nSPS) is 15.1. The molecule has 0 bridgehead atoms. The second-order valence-electron chi connectivity index (χ2n) is 5.95. The van der Waals surface area contributed by atoms with E-state index in [2.05, 4.69) is 49.2 Å². The Bertz CT molecular complexity index is 667. The predicted octanol–water partition coefficient (Wildman–Crippen LogP) is 5.12. The summed E-state index contributed by atoms with van der Waals surface area (Å²) in [4.78, 5) is 8.30. The fourth-order valence-electron chi connectivity index (χ4n) is 3.20. The van der Waals surface area contributed by atoms with Crippen molar-refractivity contribution in [2.45, 2.75) is 50.9 Å². The minimum Gasteiger partial charge on any atom is -0.346 e. The molecule has 3 heteroatoms. The first kappa shape index (κ1) is 14.5. The van der Waals surface area contributed by atoms with Gasteiger partial charge in [-0.25, -0.2) is 4.98 Å². The molecule has 1 fully saturated rings. The van der Waals surface area contributed by atoms with Crippen LogP contribution in [0.2, 0.25) is 0 Å². The Morgan fingerprint density at radius 2 is 1.86 bits per heavy atom. The van der Waals surface area contributed by atoms with Crippen molar-refractivity contribution in [1.29, 1.82) is 0 Å². The largest absolute Gasteiger partial charge is 0.346 e. The molecule has 110 valence electrons. The molecule has 0 saturated heterocycles. The lowest BCUT2D eigenvalue weighted by atomic mass is 9.75. The molecule has 0 aliphatic heterocycles. The van der Waals surface area contributed by atoms with Gasteiger partial charge in [0.15, 0.2) is 0 Å². The quantitative estimate of drug-likeness (QED) is 0.776. The summed E-state index contributed by atoms with van der Waals surface area (Å²) in [6, 6.07) is 12.7. The van der Waals surface area contributed by atoms with Gasteiger partial charge in [0.05, 0.1) is 5.41 Å².